The number of urea groups is 1. The highest BCUT2D eigenvalue weighted by molar-refractivity contribution is 9.10. The number of fused-ring (bicyclic) bond motifs is 2. The van der Waals surface area contributed by atoms with Gasteiger partial charge in [0.2, 0.25) is 0 Å². The van der Waals surface area contributed by atoms with Crippen LogP contribution in [0.5, 0.6) is 11.5 Å². The zero-order chi connectivity index (χ0) is 19.7. The highest BCUT2D eigenvalue weighted by Gasteiger charge is 2.55. The van der Waals surface area contributed by atoms with Crippen LogP contribution < -0.4 is 14.8 Å². The first-order valence-electron chi connectivity index (χ1n) is 8.92. The molecule has 1 saturated heterocycles. The lowest BCUT2D eigenvalue weighted by Gasteiger charge is -2.33. The van der Waals surface area contributed by atoms with Gasteiger partial charge in [0.1, 0.15) is 24.2 Å². The van der Waals surface area contributed by atoms with Crippen molar-refractivity contribution in [2.75, 3.05) is 19.8 Å². The van der Waals surface area contributed by atoms with Crippen LogP contribution in [0.15, 0.2) is 53.0 Å². The summed E-state index contributed by atoms with van der Waals surface area (Å²) in [6, 6.07) is 13.9. The third kappa shape index (κ3) is 3.33. The maximum atomic E-state index is 13.1. The zero-order valence-corrected chi connectivity index (χ0v) is 16.5. The fourth-order valence-electron chi connectivity index (χ4n) is 3.55. The molecule has 2 atom stereocenters. The molecule has 0 unspecified atom stereocenters. The number of carbonyl (C=O) groups excluding carboxylic acids is 2. The largest absolute Gasteiger partial charge is 0.493 e. The van der Waals surface area contributed by atoms with E-state index in [1.165, 1.54) is 0 Å². The first kappa shape index (κ1) is 18.8. The molecular weight excluding hydrogens is 428 g/mol. The van der Waals surface area contributed by atoms with Gasteiger partial charge in [-0.1, -0.05) is 40.2 Å². The Balaban J connectivity index is 1.46. The predicted molar refractivity (Wildman–Crippen MR) is 104 cm³/mol. The summed E-state index contributed by atoms with van der Waals surface area (Å²) < 4.78 is 12.0. The van der Waals surface area contributed by atoms with Crippen molar-refractivity contribution in [1.29, 1.82) is 0 Å². The number of nitrogens with one attached hydrogen (secondary N) is 1. The molecule has 0 saturated carbocycles. The molecular formula is C20H19BrN2O5. The average molecular weight is 447 g/mol. The average Bonchev–Trinajstić information content (AvgIpc) is 2.92. The maximum Gasteiger partial charge on any atom is 0.325 e. The van der Waals surface area contributed by atoms with Crippen LogP contribution in [0.1, 0.15) is 12.0 Å². The quantitative estimate of drug-likeness (QED) is 0.688. The number of nitrogens with zero attached hydrogens (tertiary/aromatic N) is 1. The lowest BCUT2D eigenvalue weighted by Crippen LogP contribution is -2.48. The zero-order valence-electron chi connectivity index (χ0n) is 14.9. The number of benzene rings is 2. The van der Waals surface area contributed by atoms with E-state index in [0.29, 0.717) is 30.1 Å². The molecule has 146 valence electrons. The first-order valence-corrected chi connectivity index (χ1v) is 9.72. The highest BCUT2D eigenvalue weighted by atomic mass is 79.9. The van der Waals surface area contributed by atoms with Gasteiger partial charge in [-0.05, 0) is 24.3 Å². The van der Waals surface area contributed by atoms with Gasteiger partial charge in [-0.25, -0.2) is 4.79 Å². The van der Waals surface area contributed by atoms with Crippen LogP contribution in [0, 0.1) is 0 Å². The molecule has 1 spiro atoms. The van der Waals surface area contributed by atoms with Crippen molar-refractivity contribution in [3.8, 4) is 11.5 Å². The third-order valence-electron chi connectivity index (χ3n) is 4.89. The van der Waals surface area contributed by atoms with Crippen LogP contribution in [0.3, 0.4) is 0 Å². The van der Waals surface area contributed by atoms with Crippen molar-refractivity contribution in [2.24, 2.45) is 0 Å². The van der Waals surface area contributed by atoms with Gasteiger partial charge in [-0.2, -0.15) is 0 Å². The van der Waals surface area contributed by atoms with Gasteiger partial charge in [0.15, 0.2) is 5.54 Å². The Hall–Kier alpha value is -2.58. The molecule has 2 aromatic rings. The smallest absolute Gasteiger partial charge is 0.325 e. The normalized spacial score (nSPS) is 21.9. The Kier molecular flexibility index (Phi) is 4.99. The van der Waals surface area contributed by atoms with Crippen LogP contribution in [-0.2, 0) is 10.3 Å². The highest BCUT2D eigenvalue weighted by Crippen LogP contribution is 2.40. The first-order chi connectivity index (χ1) is 13.5. The fraction of sp³-hybridized carbons (Fsp3) is 0.300. The molecule has 2 aliphatic rings. The summed E-state index contributed by atoms with van der Waals surface area (Å²) in [5, 5.41) is 13.1. The number of hydrogen-bond donors (Lipinski definition) is 2. The number of hydrogen-bond acceptors (Lipinski definition) is 5. The number of rotatable bonds is 5. The Labute approximate surface area is 170 Å². The molecule has 1 fully saturated rings. The summed E-state index contributed by atoms with van der Waals surface area (Å²) >= 11 is 3.35. The number of imide groups is 1. The molecule has 7 nitrogen and oxygen atoms in total. The standard InChI is InChI=1S/C20H19BrN2O5/c21-13-4-3-5-15(10-13)28-12-14(24)11-23-18(25)20(22-19(23)26)8-9-27-17-7-2-1-6-16(17)20/h1-7,10,14,24H,8-9,11-12H2,(H,22,26)/t14-,20-/m1/s1. The predicted octanol–water partition coefficient (Wildman–Crippen LogP) is 2.42. The summed E-state index contributed by atoms with van der Waals surface area (Å²) in [7, 11) is 0. The van der Waals surface area contributed by atoms with E-state index in [4.69, 9.17) is 9.47 Å². The number of carbonyl (C=O) groups is 2. The second-order valence-electron chi connectivity index (χ2n) is 6.77. The van der Waals surface area contributed by atoms with Crippen LogP contribution in [0.4, 0.5) is 4.79 Å². The van der Waals surface area contributed by atoms with E-state index in [1.807, 2.05) is 18.2 Å². The molecule has 2 aliphatic heterocycles. The fourth-order valence-corrected chi connectivity index (χ4v) is 3.93. The second kappa shape index (κ2) is 7.44. The molecule has 0 aliphatic carbocycles. The molecule has 8 heteroatoms. The van der Waals surface area contributed by atoms with Crippen molar-refractivity contribution in [2.45, 2.75) is 18.1 Å². The minimum Gasteiger partial charge on any atom is -0.493 e. The molecule has 0 radical (unpaired) electrons. The van der Waals surface area contributed by atoms with Crippen LogP contribution in [0.2, 0.25) is 0 Å². The van der Waals surface area contributed by atoms with Gasteiger partial charge in [0.05, 0.1) is 13.2 Å². The van der Waals surface area contributed by atoms with Crippen molar-refractivity contribution in [3.63, 3.8) is 0 Å². The summed E-state index contributed by atoms with van der Waals surface area (Å²) in [5.74, 6) is 0.790. The topological polar surface area (TPSA) is 88.1 Å². The third-order valence-corrected chi connectivity index (χ3v) is 5.38. The van der Waals surface area contributed by atoms with Crippen LogP contribution in [-0.4, -0.2) is 47.8 Å². The molecule has 4 rings (SSSR count). The second-order valence-corrected chi connectivity index (χ2v) is 7.68. The van der Waals surface area contributed by atoms with E-state index >= 15 is 0 Å². The maximum absolute atomic E-state index is 13.1. The van der Waals surface area contributed by atoms with E-state index in [9.17, 15) is 14.7 Å². The molecule has 0 bridgehead atoms. The van der Waals surface area contributed by atoms with Crippen LogP contribution >= 0.6 is 15.9 Å². The van der Waals surface area contributed by atoms with Gasteiger partial charge in [-0.3, -0.25) is 9.69 Å². The Morgan fingerprint density at radius 1 is 1.25 bits per heavy atom. The van der Waals surface area contributed by atoms with E-state index in [2.05, 4.69) is 21.2 Å². The van der Waals surface area contributed by atoms with Gasteiger partial charge >= 0.3 is 6.03 Å². The minimum atomic E-state index is -1.14. The molecule has 28 heavy (non-hydrogen) atoms. The summed E-state index contributed by atoms with van der Waals surface area (Å²) in [6.07, 6.45) is -0.672. The van der Waals surface area contributed by atoms with Crippen molar-refractivity contribution in [3.05, 3.63) is 58.6 Å². The number of ether oxygens (including phenoxy) is 2. The van der Waals surface area contributed by atoms with E-state index in [0.717, 1.165) is 9.37 Å². The SMILES string of the molecule is O=C1N[C@@]2(CCOc3ccccc32)C(=O)N1C[C@@H](O)COc1cccc(Br)c1. The van der Waals surface area contributed by atoms with E-state index in [-0.39, 0.29) is 19.1 Å². The Morgan fingerprint density at radius 2 is 2.07 bits per heavy atom. The van der Waals surface area contributed by atoms with E-state index < -0.39 is 17.7 Å². The molecule has 0 aromatic heterocycles. The van der Waals surface area contributed by atoms with Gasteiger partial charge < -0.3 is 19.9 Å². The van der Waals surface area contributed by atoms with Gasteiger partial charge in [0, 0.05) is 16.5 Å². The van der Waals surface area contributed by atoms with Crippen molar-refractivity contribution >= 4 is 27.9 Å². The number of aliphatic hydroxyl groups is 1. The van der Waals surface area contributed by atoms with Gasteiger partial charge in [0.25, 0.3) is 5.91 Å². The van der Waals surface area contributed by atoms with E-state index in [1.54, 1.807) is 30.3 Å². The summed E-state index contributed by atoms with van der Waals surface area (Å²) in [5.41, 5.74) is -0.501. The summed E-state index contributed by atoms with van der Waals surface area (Å²) in [6.45, 7) is 0.134. The molecule has 3 amide bonds. The number of aliphatic hydroxyl groups excluding tert-OH is 1. The Bertz CT molecular complexity index is 921. The lowest BCUT2D eigenvalue weighted by molar-refractivity contribution is -0.133. The van der Waals surface area contributed by atoms with Crippen molar-refractivity contribution < 1.29 is 24.2 Å². The summed E-state index contributed by atoms with van der Waals surface area (Å²) in [4.78, 5) is 26.7. The minimum absolute atomic E-state index is 0.0415. The van der Waals surface area contributed by atoms with Crippen LogP contribution in [0.25, 0.3) is 0 Å². The Morgan fingerprint density at radius 3 is 2.89 bits per heavy atom. The number of amides is 3. The number of para-hydroxylation sites is 1. The molecule has 2 heterocycles. The van der Waals surface area contributed by atoms with Gasteiger partial charge in [-0.15, -0.1) is 0 Å². The monoisotopic (exact) mass is 446 g/mol. The lowest BCUT2D eigenvalue weighted by atomic mass is 9.84. The van der Waals surface area contributed by atoms with Crippen molar-refractivity contribution in [1.82, 2.24) is 10.2 Å². The number of halogens is 1. The molecule has 2 N–H and O–H groups in total. The molecule has 2 aromatic carbocycles. The number of β-amino-alcohol motifs (C(OH)–C–C–N with tert-alkyl or cyclic N) is 1.